The summed E-state index contributed by atoms with van der Waals surface area (Å²) in [6.45, 7) is 4.25. The van der Waals surface area contributed by atoms with Crippen LogP contribution in [0.25, 0.3) is 10.9 Å². The van der Waals surface area contributed by atoms with Crippen molar-refractivity contribution in [1.29, 1.82) is 0 Å². The zero-order chi connectivity index (χ0) is 11.0. The minimum absolute atomic E-state index is 0.336. The van der Waals surface area contributed by atoms with Crippen LogP contribution in [0.2, 0.25) is 0 Å². The van der Waals surface area contributed by atoms with Gasteiger partial charge in [-0.25, -0.2) is 0 Å². The molecule has 3 nitrogen and oxygen atoms in total. The van der Waals surface area contributed by atoms with Gasteiger partial charge in [0.2, 0.25) is 0 Å². The van der Waals surface area contributed by atoms with Crippen LogP contribution < -0.4 is 5.32 Å². The molecule has 0 aliphatic rings. The van der Waals surface area contributed by atoms with Crippen LogP contribution in [0.3, 0.4) is 0 Å². The molecule has 0 fully saturated rings. The normalized spacial score (nSPS) is 13.3. The number of nitrogens with one attached hydrogen (secondary N) is 1. The minimum atomic E-state index is 0.336. The molecule has 15 heavy (non-hydrogen) atoms. The molecule has 80 valence electrons. The van der Waals surface area contributed by atoms with E-state index in [-0.39, 0.29) is 0 Å². The molecule has 3 heteroatoms. The van der Waals surface area contributed by atoms with Crippen molar-refractivity contribution in [2.75, 3.05) is 7.05 Å². The van der Waals surface area contributed by atoms with Crippen molar-refractivity contribution >= 4 is 10.9 Å². The molecule has 1 aromatic heterocycles. The summed E-state index contributed by atoms with van der Waals surface area (Å²) in [6.07, 6.45) is 0. The van der Waals surface area contributed by atoms with Crippen LogP contribution in [-0.2, 0) is 7.05 Å². The highest BCUT2D eigenvalue weighted by Crippen LogP contribution is 2.24. The number of fused-ring (bicyclic) bond motifs is 1. The summed E-state index contributed by atoms with van der Waals surface area (Å²) in [5, 5.41) is 9.06. The average Bonchev–Trinajstić information content (AvgIpc) is 2.54. The molecule has 0 spiro atoms. The average molecular weight is 203 g/mol. The van der Waals surface area contributed by atoms with Gasteiger partial charge in [-0.3, -0.25) is 4.68 Å². The minimum Gasteiger partial charge on any atom is -0.313 e. The quantitative estimate of drug-likeness (QED) is 0.810. The summed E-state index contributed by atoms with van der Waals surface area (Å²) in [7, 11) is 3.96. The smallest absolute Gasteiger partial charge is 0.0973 e. The van der Waals surface area contributed by atoms with Gasteiger partial charge in [-0.05, 0) is 26.5 Å². The van der Waals surface area contributed by atoms with Gasteiger partial charge in [0.15, 0.2) is 0 Å². The Bertz CT molecular complexity index is 485. The van der Waals surface area contributed by atoms with E-state index in [0.29, 0.717) is 6.04 Å². The van der Waals surface area contributed by atoms with E-state index in [1.165, 1.54) is 16.6 Å². The molecule has 0 radical (unpaired) electrons. The predicted molar refractivity (Wildman–Crippen MR) is 62.9 cm³/mol. The van der Waals surface area contributed by atoms with Crippen LogP contribution in [-0.4, -0.2) is 16.8 Å². The predicted octanol–water partition coefficient (Wildman–Crippen LogP) is 2.16. The second-order valence-electron chi connectivity index (χ2n) is 3.96. The summed E-state index contributed by atoms with van der Waals surface area (Å²) < 4.78 is 1.94. The molecular formula is C12H17N3. The standard InChI is InChI=1S/C12H17N3/c1-8(13-3)10-6-5-7-11-9(2)15(4)14-12(10)11/h5-8,13H,1-4H3. The van der Waals surface area contributed by atoms with Gasteiger partial charge in [-0.2, -0.15) is 5.10 Å². The second kappa shape index (κ2) is 3.66. The Morgan fingerprint density at radius 1 is 1.40 bits per heavy atom. The van der Waals surface area contributed by atoms with Gasteiger partial charge >= 0.3 is 0 Å². The largest absolute Gasteiger partial charge is 0.313 e. The third-order valence-electron chi connectivity index (χ3n) is 3.09. The third kappa shape index (κ3) is 1.53. The first-order chi connectivity index (χ1) is 7.15. The Hall–Kier alpha value is -1.35. The van der Waals surface area contributed by atoms with Gasteiger partial charge in [-0.15, -0.1) is 0 Å². The monoisotopic (exact) mass is 203 g/mol. The Labute approximate surface area is 90.1 Å². The number of hydrogen-bond acceptors (Lipinski definition) is 2. The van der Waals surface area contributed by atoms with E-state index in [2.05, 4.69) is 42.5 Å². The molecule has 1 heterocycles. The van der Waals surface area contributed by atoms with E-state index in [1.807, 2.05) is 18.8 Å². The van der Waals surface area contributed by atoms with Crippen molar-refractivity contribution in [3.05, 3.63) is 29.5 Å². The van der Waals surface area contributed by atoms with Crippen LogP contribution in [0, 0.1) is 6.92 Å². The molecule has 0 bridgehead atoms. The first kappa shape index (κ1) is 10.2. The fourth-order valence-electron chi connectivity index (χ4n) is 1.87. The number of aryl methyl sites for hydroxylation is 2. The lowest BCUT2D eigenvalue weighted by molar-refractivity contribution is 0.653. The first-order valence-corrected chi connectivity index (χ1v) is 5.24. The molecule has 0 amide bonds. The summed E-state index contributed by atoms with van der Waals surface area (Å²) in [5.74, 6) is 0. The fraction of sp³-hybridized carbons (Fsp3) is 0.417. The lowest BCUT2D eigenvalue weighted by Crippen LogP contribution is -2.12. The maximum Gasteiger partial charge on any atom is 0.0973 e. The van der Waals surface area contributed by atoms with E-state index >= 15 is 0 Å². The van der Waals surface area contributed by atoms with Crippen LogP contribution >= 0.6 is 0 Å². The van der Waals surface area contributed by atoms with Crippen LogP contribution in [0.5, 0.6) is 0 Å². The number of aromatic nitrogens is 2. The molecule has 0 saturated heterocycles. The molecule has 0 aliphatic carbocycles. The second-order valence-corrected chi connectivity index (χ2v) is 3.96. The number of benzene rings is 1. The molecule has 2 aromatic rings. The van der Waals surface area contributed by atoms with Gasteiger partial charge < -0.3 is 5.32 Å². The SMILES string of the molecule is CNC(C)c1cccc2c(C)n(C)nc12. The molecule has 2 rings (SSSR count). The maximum atomic E-state index is 4.56. The summed E-state index contributed by atoms with van der Waals surface area (Å²) >= 11 is 0. The van der Waals surface area contributed by atoms with Gasteiger partial charge in [0, 0.05) is 24.2 Å². The summed E-state index contributed by atoms with van der Waals surface area (Å²) in [6, 6.07) is 6.70. The van der Waals surface area contributed by atoms with Crippen LogP contribution in [0.4, 0.5) is 0 Å². The highest BCUT2D eigenvalue weighted by molar-refractivity contribution is 5.84. The zero-order valence-corrected chi connectivity index (χ0v) is 9.70. The van der Waals surface area contributed by atoms with Crippen molar-refractivity contribution in [2.24, 2.45) is 7.05 Å². The molecule has 0 saturated carbocycles. The van der Waals surface area contributed by atoms with E-state index in [9.17, 15) is 0 Å². The van der Waals surface area contributed by atoms with E-state index in [0.717, 1.165) is 5.52 Å². The zero-order valence-electron chi connectivity index (χ0n) is 9.70. The summed E-state index contributed by atoms with van der Waals surface area (Å²) in [4.78, 5) is 0. The van der Waals surface area contributed by atoms with Crippen molar-refractivity contribution < 1.29 is 0 Å². The van der Waals surface area contributed by atoms with E-state index in [1.54, 1.807) is 0 Å². The number of hydrogen-bond donors (Lipinski definition) is 1. The maximum absolute atomic E-state index is 4.56. The Morgan fingerprint density at radius 3 is 2.80 bits per heavy atom. The highest BCUT2D eigenvalue weighted by Gasteiger charge is 2.12. The molecule has 1 unspecified atom stereocenters. The van der Waals surface area contributed by atoms with Gasteiger partial charge in [0.1, 0.15) is 0 Å². The Balaban J connectivity index is 2.71. The van der Waals surface area contributed by atoms with Crippen molar-refractivity contribution in [2.45, 2.75) is 19.9 Å². The molecule has 1 N–H and O–H groups in total. The Kier molecular flexibility index (Phi) is 2.49. The van der Waals surface area contributed by atoms with Gasteiger partial charge in [0.25, 0.3) is 0 Å². The van der Waals surface area contributed by atoms with Gasteiger partial charge in [-0.1, -0.05) is 18.2 Å². The molecular weight excluding hydrogens is 186 g/mol. The topological polar surface area (TPSA) is 29.9 Å². The highest BCUT2D eigenvalue weighted by atomic mass is 15.3. The molecule has 1 atom stereocenters. The third-order valence-corrected chi connectivity index (χ3v) is 3.09. The van der Waals surface area contributed by atoms with Crippen LogP contribution in [0.15, 0.2) is 18.2 Å². The van der Waals surface area contributed by atoms with Crippen LogP contribution in [0.1, 0.15) is 24.2 Å². The Morgan fingerprint density at radius 2 is 2.13 bits per heavy atom. The lowest BCUT2D eigenvalue weighted by Gasteiger charge is -2.10. The van der Waals surface area contributed by atoms with E-state index < -0.39 is 0 Å². The number of nitrogens with zero attached hydrogens (tertiary/aromatic N) is 2. The van der Waals surface area contributed by atoms with Crippen molar-refractivity contribution in [1.82, 2.24) is 15.1 Å². The first-order valence-electron chi connectivity index (χ1n) is 5.24. The fourth-order valence-corrected chi connectivity index (χ4v) is 1.87. The van der Waals surface area contributed by atoms with Crippen molar-refractivity contribution in [3.8, 4) is 0 Å². The summed E-state index contributed by atoms with van der Waals surface area (Å²) in [5.41, 5.74) is 3.59. The number of rotatable bonds is 2. The van der Waals surface area contributed by atoms with Gasteiger partial charge in [0.05, 0.1) is 5.52 Å². The van der Waals surface area contributed by atoms with Crippen molar-refractivity contribution in [3.63, 3.8) is 0 Å². The lowest BCUT2D eigenvalue weighted by atomic mass is 10.0. The molecule has 1 aromatic carbocycles. The van der Waals surface area contributed by atoms with E-state index in [4.69, 9.17) is 0 Å². The molecule has 0 aliphatic heterocycles.